The maximum absolute atomic E-state index is 12.7. The summed E-state index contributed by atoms with van der Waals surface area (Å²) in [6.45, 7) is 1.77. The van der Waals surface area contributed by atoms with Crippen molar-refractivity contribution in [3.8, 4) is 0 Å². The van der Waals surface area contributed by atoms with E-state index in [1.807, 2.05) is 30.3 Å². The Hall–Kier alpha value is -1.03. The number of rotatable bonds is 3. The van der Waals surface area contributed by atoms with E-state index in [2.05, 4.69) is 5.32 Å². The third kappa shape index (κ3) is 2.07. The van der Waals surface area contributed by atoms with Crippen molar-refractivity contribution in [3.05, 3.63) is 35.9 Å². The van der Waals surface area contributed by atoms with Crippen molar-refractivity contribution in [2.75, 3.05) is 0 Å². The van der Waals surface area contributed by atoms with E-state index in [0.717, 1.165) is 5.56 Å². The predicted molar refractivity (Wildman–Crippen MR) is 56.0 cm³/mol. The fourth-order valence-electron chi connectivity index (χ4n) is 1.87. The summed E-state index contributed by atoms with van der Waals surface area (Å²) in [4.78, 5) is 0. The van der Waals surface area contributed by atoms with Crippen molar-refractivity contribution in [2.45, 2.75) is 37.5 Å². The summed E-state index contributed by atoms with van der Waals surface area (Å²) >= 11 is 0. The van der Waals surface area contributed by atoms with Gasteiger partial charge in [0, 0.05) is 6.04 Å². The van der Waals surface area contributed by atoms with E-state index < -0.39 is 11.7 Å². The van der Waals surface area contributed by atoms with Crippen LogP contribution in [0.5, 0.6) is 0 Å². The van der Waals surface area contributed by atoms with E-state index >= 15 is 0 Å². The molecule has 1 aliphatic rings. The molecule has 1 aromatic rings. The molecule has 1 saturated carbocycles. The molecular weight excluding hydrogens is 215 g/mol. The molecule has 1 aliphatic carbocycles. The molecule has 0 heterocycles. The number of hydrogen-bond donors (Lipinski definition) is 1. The first-order valence-corrected chi connectivity index (χ1v) is 5.34. The molecular formula is C12H14F3N. The first-order valence-electron chi connectivity index (χ1n) is 5.34. The van der Waals surface area contributed by atoms with Gasteiger partial charge in [-0.2, -0.15) is 13.2 Å². The minimum atomic E-state index is -4.14. The standard InChI is InChI=1S/C12H14F3N/c1-9(10-5-3-2-4-6-10)16-11(7-8-11)12(13,14)15/h2-6,9,16H,7-8H2,1H3. The monoisotopic (exact) mass is 229 g/mol. The summed E-state index contributed by atoms with van der Waals surface area (Å²) in [6, 6.07) is 8.92. The molecule has 1 nitrogen and oxygen atoms in total. The van der Waals surface area contributed by atoms with Crippen LogP contribution in [0.2, 0.25) is 0 Å². The summed E-state index contributed by atoms with van der Waals surface area (Å²) in [5.41, 5.74) is -0.750. The molecule has 4 heteroatoms. The lowest BCUT2D eigenvalue weighted by Gasteiger charge is -2.25. The van der Waals surface area contributed by atoms with Crippen LogP contribution in [-0.2, 0) is 0 Å². The Kier molecular flexibility index (Phi) is 2.70. The van der Waals surface area contributed by atoms with Gasteiger partial charge in [-0.15, -0.1) is 0 Å². The average molecular weight is 229 g/mol. The van der Waals surface area contributed by atoms with Crippen LogP contribution in [0.25, 0.3) is 0 Å². The predicted octanol–water partition coefficient (Wildman–Crippen LogP) is 3.43. The van der Waals surface area contributed by atoms with Gasteiger partial charge in [0.05, 0.1) is 0 Å². The minimum Gasteiger partial charge on any atom is -0.297 e. The molecule has 1 atom stereocenters. The molecule has 1 aromatic carbocycles. The topological polar surface area (TPSA) is 12.0 Å². The second-order valence-corrected chi connectivity index (χ2v) is 4.36. The van der Waals surface area contributed by atoms with Gasteiger partial charge in [0.2, 0.25) is 0 Å². The smallest absolute Gasteiger partial charge is 0.297 e. The van der Waals surface area contributed by atoms with Gasteiger partial charge in [-0.1, -0.05) is 30.3 Å². The van der Waals surface area contributed by atoms with E-state index in [1.165, 1.54) is 0 Å². The summed E-state index contributed by atoms with van der Waals surface area (Å²) in [5.74, 6) is 0. The van der Waals surface area contributed by atoms with E-state index in [4.69, 9.17) is 0 Å². The van der Waals surface area contributed by atoms with E-state index in [9.17, 15) is 13.2 Å². The van der Waals surface area contributed by atoms with Crippen LogP contribution in [0.15, 0.2) is 30.3 Å². The third-order valence-corrected chi connectivity index (χ3v) is 3.09. The molecule has 16 heavy (non-hydrogen) atoms. The molecule has 2 rings (SSSR count). The number of halogens is 3. The third-order valence-electron chi connectivity index (χ3n) is 3.09. The molecule has 0 aliphatic heterocycles. The number of nitrogens with one attached hydrogen (secondary N) is 1. The molecule has 0 spiro atoms. The van der Waals surface area contributed by atoms with Gasteiger partial charge in [-0.05, 0) is 25.3 Å². The van der Waals surface area contributed by atoms with Crippen molar-refractivity contribution >= 4 is 0 Å². The second-order valence-electron chi connectivity index (χ2n) is 4.36. The Morgan fingerprint density at radius 3 is 2.19 bits per heavy atom. The highest BCUT2D eigenvalue weighted by atomic mass is 19.4. The van der Waals surface area contributed by atoms with Crippen LogP contribution in [-0.4, -0.2) is 11.7 Å². The van der Waals surface area contributed by atoms with Crippen LogP contribution >= 0.6 is 0 Å². The normalized spacial score (nSPS) is 20.5. The van der Waals surface area contributed by atoms with E-state index in [-0.39, 0.29) is 18.9 Å². The Morgan fingerprint density at radius 2 is 1.75 bits per heavy atom. The van der Waals surface area contributed by atoms with Crippen molar-refractivity contribution < 1.29 is 13.2 Å². The zero-order valence-electron chi connectivity index (χ0n) is 9.01. The molecule has 0 amide bonds. The maximum Gasteiger partial charge on any atom is 0.406 e. The number of benzene rings is 1. The highest BCUT2D eigenvalue weighted by Crippen LogP contribution is 2.50. The highest BCUT2D eigenvalue weighted by Gasteiger charge is 2.63. The molecule has 0 aromatic heterocycles. The first-order chi connectivity index (χ1) is 7.45. The van der Waals surface area contributed by atoms with Gasteiger partial charge < -0.3 is 0 Å². The van der Waals surface area contributed by atoms with Crippen molar-refractivity contribution in [1.82, 2.24) is 5.32 Å². The summed E-state index contributed by atoms with van der Waals surface area (Å²) < 4.78 is 38.1. The fraction of sp³-hybridized carbons (Fsp3) is 0.500. The van der Waals surface area contributed by atoms with Gasteiger partial charge in [0.25, 0.3) is 0 Å². The van der Waals surface area contributed by atoms with Gasteiger partial charge in [0.1, 0.15) is 5.54 Å². The largest absolute Gasteiger partial charge is 0.406 e. The summed E-state index contributed by atoms with van der Waals surface area (Å²) in [5, 5.41) is 2.70. The van der Waals surface area contributed by atoms with Gasteiger partial charge in [-0.25, -0.2) is 0 Å². The number of hydrogen-bond acceptors (Lipinski definition) is 1. The molecule has 1 fully saturated rings. The molecule has 0 saturated heterocycles. The van der Waals surface area contributed by atoms with Gasteiger partial charge >= 0.3 is 6.18 Å². The Morgan fingerprint density at radius 1 is 1.19 bits per heavy atom. The van der Waals surface area contributed by atoms with E-state index in [0.29, 0.717) is 0 Å². The Bertz CT molecular complexity index is 354. The average Bonchev–Trinajstić information content (AvgIpc) is 2.99. The lowest BCUT2D eigenvalue weighted by molar-refractivity contribution is -0.167. The van der Waals surface area contributed by atoms with Crippen molar-refractivity contribution in [1.29, 1.82) is 0 Å². The minimum absolute atomic E-state index is 0.188. The Labute approximate surface area is 92.7 Å². The SMILES string of the molecule is CC(NC1(C(F)(F)F)CC1)c1ccccc1. The first kappa shape index (κ1) is 11.5. The van der Waals surface area contributed by atoms with Crippen LogP contribution in [0.1, 0.15) is 31.4 Å². The Balaban J connectivity index is 2.06. The maximum atomic E-state index is 12.7. The second kappa shape index (κ2) is 3.77. The molecule has 88 valence electrons. The van der Waals surface area contributed by atoms with Crippen LogP contribution < -0.4 is 5.32 Å². The molecule has 0 radical (unpaired) electrons. The fourth-order valence-corrected chi connectivity index (χ4v) is 1.87. The lowest BCUT2D eigenvalue weighted by Crippen LogP contribution is -2.45. The highest BCUT2D eigenvalue weighted by molar-refractivity contribution is 5.20. The molecule has 1 unspecified atom stereocenters. The van der Waals surface area contributed by atoms with Gasteiger partial charge in [0.15, 0.2) is 0 Å². The quantitative estimate of drug-likeness (QED) is 0.837. The van der Waals surface area contributed by atoms with Crippen LogP contribution in [0, 0.1) is 0 Å². The van der Waals surface area contributed by atoms with Gasteiger partial charge in [-0.3, -0.25) is 5.32 Å². The van der Waals surface area contributed by atoms with Crippen LogP contribution in [0.3, 0.4) is 0 Å². The van der Waals surface area contributed by atoms with E-state index in [1.54, 1.807) is 6.92 Å². The summed E-state index contributed by atoms with van der Waals surface area (Å²) in [7, 11) is 0. The zero-order valence-corrected chi connectivity index (χ0v) is 9.01. The number of alkyl halides is 3. The van der Waals surface area contributed by atoms with Crippen molar-refractivity contribution in [2.24, 2.45) is 0 Å². The zero-order chi connectivity index (χ0) is 11.8. The molecule has 0 bridgehead atoms. The summed E-state index contributed by atoms with van der Waals surface area (Å²) in [6.07, 6.45) is -3.77. The lowest BCUT2D eigenvalue weighted by atomic mass is 10.1. The van der Waals surface area contributed by atoms with Crippen molar-refractivity contribution in [3.63, 3.8) is 0 Å². The molecule has 1 N–H and O–H groups in total. The van der Waals surface area contributed by atoms with Crippen LogP contribution in [0.4, 0.5) is 13.2 Å².